The van der Waals surface area contributed by atoms with Crippen LogP contribution in [0.4, 0.5) is 0 Å². The Morgan fingerprint density at radius 1 is 1.12 bits per heavy atom. The smallest absolute Gasteiger partial charge is 0.252 e. The van der Waals surface area contributed by atoms with Crippen LogP contribution in [-0.4, -0.2) is 34.1 Å². The zero-order valence-electron chi connectivity index (χ0n) is 14.3. The molecule has 128 valence electrons. The first kappa shape index (κ1) is 16.7. The van der Waals surface area contributed by atoms with Gasteiger partial charge in [-0.05, 0) is 13.0 Å². The molecule has 0 fully saturated rings. The Kier molecular flexibility index (Phi) is 5.09. The number of imidazole rings is 1. The van der Waals surface area contributed by atoms with Gasteiger partial charge in [-0.3, -0.25) is 4.79 Å². The van der Waals surface area contributed by atoms with Gasteiger partial charge in [0.2, 0.25) is 5.88 Å². The van der Waals surface area contributed by atoms with Crippen LogP contribution in [0.3, 0.4) is 0 Å². The Morgan fingerprint density at radius 2 is 1.92 bits per heavy atom. The fourth-order valence-corrected chi connectivity index (χ4v) is 2.58. The average molecular weight is 336 g/mol. The van der Waals surface area contributed by atoms with E-state index in [0.717, 1.165) is 17.1 Å². The quantitative estimate of drug-likeness (QED) is 0.751. The van der Waals surface area contributed by atoms with Gasteiger partial charge in [-0.25, -0.2) is 9.97 Å². The van der Waals surface area contributed by atoms with Crippen molar-refractivity contribution in [3.8, 4) is 17.3 Å². The van der Waals surface area contributed by atoms with Gasteiger partial charge in [0.05, 0.1) is 12.7 Å². The van der Waals surface area contributed by atoms with Crippen molar-refractivity contribution >= 4 is 5.91 Å². The van der Waals surface area contributed by atoms with Crippen LogP contribution in [-0.2, 0) is 6.54 Å². The molecule has 0 saturated carbocycles. The first-order valence-corrected chi connectivity index (χ1v) is 8.05. The number of hydrogen-bond acceptors (Lipinski definition) is 4. The van der Waals surface area contributed by atoms with Crippen LogP contribution in [0.25, 0.3) is 11.4 Å². The standard InChI is InChI=1S/C19H20N4O2/c1-14-12-22-18(15-6-4-3-5-7-15)23(14)11-10-20-19(24)16-8-9-17(25-2)21-13-16/h3-9,12-13H,10-11H2,1-2H3,(H,20,24). The summed E-state index contributed by atoms with van der Waals surface area (Å²) < 4.78 is 7.09. The molecule has 0 aliphatic heterocycles. The van der Waals surface area contributed by atoms with Crippen molar-refractivity contribution in [2.45, 2.75) is 13.5 Å². The number of ether oxygens (including phenoxy) is 1. The molecule has 2 heterocycles. The van der Waals surface area contributed by atoms with Crippen LogP contribution in [0, 0.1) is 6.92 Å². The number of aromatic nitrogens is 3. The molecule has 1 aromatic carbocycles. The molecule has 6 nitrogen and oxygen atoms in total. The number of hydrogen-bond donors (Lipinski definition) is 1. The summed E-state index contributed by atoms with van der Waals surface area (Å²) in [5.74, 6) is 1.23. The number of amides is 1. The second kappa shape index (κ2) is 7.61. The summed E-state index contributed by atoms with van der Waals surface area (Å²) in [5, 5.41) is 2.91. The third-order valence-electron chi connectivity index (χ3n) is 3.92. The molecular weight excluding hydrogens is 316 g/mol. The van der Waals surface area contributed by atoms with Gasteiger partial charge in [0.25, 0.3) is 5.91 Å². The maximum absolute atomic E-state index is 12.2. The van der Waals surface area contributed by atoms with Crippen molar-refractivity contribution < 1.29 is 9.53 Å². The molecule has 0 saturated heterocycles. The fourth-order valence-electron chi connectivity index (χ4n) is 2.58. The van der Waals surface area contributed by atoms with Crippen LogP contribution in [0.5, 0.6) is 5.88 Å². The molecule has 0 bridgehead atoms. The zero-order chi connectivity index (χ0) is 17.6. The third kappa shape index (κ3) is 3.85. The first-order chi connectivity index (χ1) is 12.2. The van der Waals surface area contributed by atoms with E-state index in [2.05, 4.69) is 19.9 Å². The summed E-state index contributed by atoms with van der Waals surface area (Å²) in [6, 6.07) is 13.4. The SMILES string of the molecule is COc1ccc(C(=O)NCCn2c(C)cnc2-c2ccccc2)cn1. The third-order valence-corrected chi connectivity index (χ3v) is 3.92. The molecule has 6 heteroatoms. The van der Waals surface area contributed by atoms with Gasteiger partial charge in [0.1, 0.15) is 5.82 Å². The minimum atomic E-state index is -0.158. The Labute approximate surface area is 146 Å². The summed E-state index contributed by atoms with van der Waals surface area (Å²) in [4.78, 5) is 20.7. The minimum Gasteiger partial charge on any atom is -0.481 e. The van der Waals surface area contributed by atoms with Gasteiger partial charge in [0, 0.05) is 42.8 Å². The van der Waals surface area contributed by atoms with Gasteiger partial charge in [-0.2, -0.15) is 0 Å². The number of rotatable bonds is 6. The molecule has 0 spiro atoms. The van der Waals surface area contributed by atoms with Crippen molar-refractivity contribution in [3.63, 3.8) is 0 Å². The second-order valence-electron chi connectivity index (χ2n) is 5.59. The number of benzene rings is 1. The molecule has 0 aliphatic rings. The highest BCUT2D eigenvalue weighted by Gasteiger charge is 2.10. The first-order valence-electron chi connectivity index (χ1n) is 8.05. The Bertz CT molecular complexity index is 842. The molecule has 3 rings (SSSR count). The molecule has 0 radical (unpaired) electrons. The monoisotopic (exact) mass is 336 g/mol. The van der Waals surface area contributed by atoms with E-state index in [1.54, 1.807) is 19.2 Å². The lowest BCUT2D eigenvalue weighted by Crippen LogP contribution is -2.27. The number of carbonyl (C=O) groups is 1. The predicted octanol–water partition coefficient (Wildman–Crippen LogP) is 2.69. The highest BCUT2D eigenvalue weighted by molar-refractivity contribution is 5.93. The number of carbonyl (C=O) groups excluding carboxylic acids is 1. The van der Waals surface area contributed by atoms with Crippen LogP contribution in [0.2, 0.25) is 0 Å². The summed E-state index contributed by atoms with van der Waals surface area (Å²) in [7, 11) is 1.54. The van der Waals surface area contributed by atoms with Crippen LogP contribution < -0.4 is 10.1 Å². The fraction of sp³-hybridized carbons (Fsp3) is 0.211. The van der Waals surface area contributed by atoms with Crippen molar-refractivity contribution in [1.29, 1.82) is 0 Å². The largest absolute Gasteiger partial charge is 0.481 e. The maximum Gasteiger partial charge on any atom is 0.252 e. The number of pyridine rings is 1. The van der Waals surface area contributed by atoms with E-state index in [0.29, 0.717) is 24.5 Å². The van der Waals surface area contributed by atoms with Crippen LogP contribution in [0.15, 0.2) is 54.9 Å². The van der Waals surface area contributed by atoms with Crippen molar-refractivity contribution in [3.05, 3.63) is 66.1 Å². The molecule has 2 aromatic heterocycles. The molecule has 3 aromatic rings. The summed E-state index contributed by atoms with van der Waals surface area (Å²) in [5.41, 5.74) is 2.62. The molecular formula is C19H20N4O2. The van der Waals surface area contributed by atoms with E-state index >= 15 is 0 Å². The van der Waals surface area contributed by atoms with Gasteiger partial charge in [-0.1, -0.05) is 30.3 Å². The number of aryl methyl sites for hydroxylation is 1. The van der Waals surface area contributed by atoms with E-state index in [1.165, 1.54) is 6.20 Å². The van der Waals surface area contributed by atoms with Gasteiger partial charge in [-0.15, -0.1) is 0 Å². The lowest BCUT2D eigenvalue weighted by Gasteiger charge is -2.11. The summed E-state index contributed by atoms with van der Waals surface area (Å²) >= 11 is 0. The highest BCUT2D eigenvalue weighted by Crippen LogP contribution is 2.18. The van der Waals surface area contributed by atoms with E-state index in [4.69, 9.17) is 4.74 Å². The van der Waals surface area contributed by atoms with Crippen molar-refractivity contribution in [2.24, 2.45) is 0 Å². The normalized spacial score (nSPS) is 10.5. The predicted molar refractivity (Wildman–Crippen MR) is 95.5 cm³/mol. The topological polar surface area (TPSA) is 69.0 Å². The Morgan fingerprint density at radius 3 is 2.60 bits per heavy atom. The molecule has 0 unspecified atom stereocenters. The molecule has 25 heavy (non-hydrogen) atoms. The van der Waals surface area contributed by atoms with Crippen LogP contribution in [0.1, 0.15) is 16.1 Å². The number of nitrogens with zero attached hydrogens (tertiary/aromatic N) is 3. The maximum atomic E-state index is 12.2. The summed E-state index contributed by atoms with van der Waals surface area (Å²) in [6.07, 6.45) is 3.35. The molecule has 1 N–H and O–H groups in total. The van der Waals surface area contributed by atoms with Crippen molar-refractivity contribution in [2.75, 3.05) is 13.7 Å². The summed E-state index contributed by atoms with van der Waals surface area (Å²) in [6.45, 7) is 3.15. The second-order valence-corrected chi connectivity index (χ2v) is 5.59. The van der Waals surface area contributed by atoms with Gasteiger partial charge in [0.15, 0.2) is 0 Å². The molecule has 0 aliphatic carbocycles. The van der Waals surface area contributed by atoms with Crippen LogP contribution >= 0.6 is 0 Å². The molecule has 1 amide bonds. The van der Waals surface area contributed by atoms with E-state index in [9.17, 15) is 4.79 Å². The average Bonchev–Trinajstić information content (AvgIpc) is 3.03. The van der Waals surface area contributed by atoms with Crippen molar-refractivity contribution in [1.82, 2.24) is 19.9 Å². The van der Waals surface area contributed by atoms with E-state index in [-0.39, 0.29) is 5.91 Å². The number of nitrogens with one attached hydrogen (secondary N) is 1. The Hall–Kier alpha value is -3.15. The van der Waals surface area contributed by atoms with E-state index < -0.39 is 0 Å². The van der Waals surface area contributed by atoms with E-state index in [1.807, 2.05) is 43.5 Å². The lowest BCUT2D eigenvalue weighted by molar-refractivity contribution is 0.0952. The lowest BCUT2D eigenvalue weighted by atomic mass is 10.2. The number of methoxy groups -OCH3 is 1. The minimum absolute atomic E-state index is 0.158. The van der Waals surface area contributed by atoms with Gasteiger partial charge >= 0.3 is 0 Å². The highest BCUT2D eigenvalue weighted by atomic mass is 16.5. The zero-order valence-corrected chi connectivity index (χ0v) is 14.3. The molecule has 0 atom stereocenters. The van der Waals surface area contributed by atoms with Gasteiger partial charge < -0.3 is 14.6 Å². The Balaban J connectivity index is 1.64.